The molecule has 0 fully saturated rings. The predicted octanol–water partition coefficient (Wildman–Crippen LogP) is 3.11. The fourth-order valence-electron chi connectivity index (χ4n) is 2.52. The van der Waals surface area contributed by atoms with Crippen LogP contribution < -0.4 is 0 Å². The van der Waals surface area contributed by atoms with Crippen molar-refractivity contribution in [3.8, 4) is 5.75 Å². The van der Waals surface area contributed by atoms with Crippen molar-refractivity contribution in [2.24, 2.45) is 0 Å². The topological polar surface area (TPSA) is 36.4 Å². The summed E-state index contributed by atoms with van der Waals surface area (Å²) in [5, 5.41) is 9.99. The Morgan fingerprint density at radius 1 is 1.21 bits per heavy atom. The summed E-state index contributed by atoms with van der Waals surface area (Å²) in [6.07, 6.45) is 2.79. The number of nitrogens with zero attached hydrogens (tertiary/aromatic N) is 2. The van der Waals surface area contributed by atoms with Gasteiger partial charge in [-0.25, -0.2) is 4.98 Å². The van der Waals surface area contributed by atoms with Gasteiger partial charge in [0.15, 0.2) is 5.75 Å². The van der Waals surface area contributed by atoms with E-state index < -0.39 is 0 Å². The van der Waals surface area contributed by atoms with Crippen LogP contribution in [0.4, 0.5) is 0 Å². The van der Waals surface area contributed by atoms with Gasteiger partial charge in [0.25, 0.3) is 0 Å². The van der Waals surface area contributed by atoms with E-state index in [1.165, 1.54) is 11.1 Å². The van der Waals surface area contributed by atoms with Crippen LogP contribution in [-0.4, -0.2) is 21.5 Å². The highest BCUT2D eigenvalue weighted by Gasteiger charge is 2.17. The van der Waals surface area contributed by atoms with Gasteiger partial charge in [-0.05, 0) is 39.5 Å². The summed E-state index contributed by atoms with van der Waals surface area (Å²) in [7, 11) is 0. The van der Waals surface area contributed by atoms with Gasteiger partial charge in [-0.1, -0.05) is 24.3 Å². The number of hydrogen-bond donors (Lipinski definition) is 1. The minimum Gasteiger partial charge on any atom is -0.505 e. The molecule has 19 heavy (non-hydrogen) atoms. The first-order valence-corrected chi connectivity index (χ1v) is 7.15. The van der Waals surface area contributed by atoms with Crippen molar-refractivity contribution in [2.45, 2.75) is 19.5 Å². The van der Waals surface area contributed by atoms with E-state index in [0.29, 0.717) is 4.60 Å². The lowest BCUT2D eigenvalue weighted by Crippen LogP contribution is -2.30. The van der Waals surface area contributed by atoms with E-state index in [9.17, 15) is 5.11 Å². The van der Waals surface area contributed by atoms with Gasteiger partial charge in [0.2, 0.25) is 0 Å². The van der Waals surface area contributed by atoms with E-state index >= 15 is 0 Å². The van der Waals surface area contributed by atoms with Crippen LogP contribution in [0.25, 0.3) is 0 Å². The molecule has 0 radical (unpaired) electrons. The minimum absolute atomic E-state index is 0.251. The van der Waals surface area contributed by atoms with Gasteiger partial charge >= 0.3 is 0 Å². The summed E-state index contributed by atoms with van der Waals surface area (Å²) >= 11 is 3.26. The number of fused-ring (bicyclic) bond motifs is 1. The third-order valence-corrected chi connectivity index (χ3v) is 4.15. The predicted molar refractivity (Wildman–Crippen MR) is 77.9 cm³/mol. The molecular formula is C15H15BrN2O. The van der Waals surface area contributed by atoms with Crippen LogP contribution in [0.1, 0.15) is 16.7 Å². The van der Waals surface area contributed by atoms with Crippen molar-refractivity contribution in [1.82, 2.24) is 9.88 Å². The first-order valence-electron chi connectivity index (χ1n) is 6.35. The lowest BCUT2D eigenvalue weighted by molar-refractivity contribution is 0.242. The summed E-state index contributed by atoms with van der Waals surface area (Å²) < 4.78 is 0.516. The first-order chi connectivity index (χ1) is 9.24. The molecule has 0 aliphatic carbocycles. The van der Waals surface area contributed by atoms with Crippen LogP contribution in [0.2, 0.25) is 0 Å². The van der Waals surface area contributed by atoms with Crippen LogP contribution in [0.15, 0.2) is 41.1 Å². The van der Waals surface area contributed by atoms with Gasteiger partial charge in [0.1, 0.15) is 4.60 Å². The van der Waals surface area contributed by atoms with Crippen molar-refractivity contribution in [3.05, 3.63) is 57.8 Å². The van der Waals surface area contributed by atoms with E-state index in [2.05, 4.69) is 50.1 Å². The number of halogens is 1. The van der Waals surface area contributed by atoms with Crippen molar-refractivity contribution in [1.29, 1.82) is 0 Å². The van der Waals surface area contributed by atoms with Gasteiger partial charge in [0, 0.05) is 31.4 Å². The molecule has 3 rings (SSSR count). The maximum atomic E-state index is 9.99. The molecule has 2 aromatic rings. The Morgan fingerprint density at radius 3 is 2.84 bits per heavy atom. The molecule has 1 N–H and O–H groups in total. The second-order valence-corrected chi connectivity index (χ2v) is 5.59. The maximum Gasteiger partial charge on any atom is 0.152 e. The minimum atomic E-state index is 0.251. The van der Waals surface area contributed by atoms with E-state index in [-0.39, 0.29) is 5.75 Å². The lowest BCUT2D eigenvalue weighted by atomic mass is 9.99. The fourth-order valence-corrected chi connectivity index (χ4v) is 2.90. The Kier molecular flexibility index (Phi) is 3.53. The first kappa shape index (κ1) is 12.6. The zero-order chi connectivity index (χ0) is 13.2. The Balaban J connectivity index is 1.77. The van der Waals surface area contributed by atoms with Gasteiger partial charge in [-0.2, -0.15) is 0 Å². The molecule has 1 aromatic heterocycles. The molecule has 0 unspecified atom stereocenters. The Hall–Kier alpha value is -1.39. The van der Waals surface area contributed by atoms with Crippen LogP contribution in [0.5, 0.6) is 5.75 Å². The molecule has 1 aliphatic rings. The van der Waals surface area contributed by atoms with Crippen molar-refractivity contribution in [3.63, 3.8) is 0 Å². The number of hydrogen-bond acceptors (Lipinski definition) is 3. The van der Waals surface area contributed by atoms with E-state index in [4.69, 9.17) is 0 Å². The molecule has 0 saturated heterocycles. The summed E-state index contributed by atoms with van der Waals surface area (Å²) in [6, 6.07) is 10.4. The second-order valence-electron chi connectivity index (χ2n) is 4.84. The highest BCUT2D eigenvalue weighted by molar-refractivity contribution is 9.10. The molecule has 1 aliphatic heterocycles. The molecular weight excluding hydrogens is 304 g/mol. The van der Waals surface area contributed by atoms with Gasteiger partial charge < -0.3 is 5.11 Å². The normalized spacial score (nSPS) is 15.2. The molecule has 98 valence electrons. The van der Waals surface area contributed by atoms with Crippen molar-refractivity contribution in [2.75, 3.05) is 6.54 Å². The lowest BCUT2D eigenvalue weighted by Gasteiger charge is -2.28. The number of pyridine rings is 1. The zero-order valence-electron chi connectivity index (χ0n) is 10.5. The molecule has 1 aromatic carbocycles. The molecule has 3 nitrogen and oxygen atoms in total. The van der Waals surface area contributed by atoms with E-state index in [1.807, 2.05) is 6.07 Å². The monoisotopic (exact) mass is 318 g/mol. The molecule has 0 atom stereocenters. The Bertz CT molecular complexity index is 600. The number of rotatable bonds is 2. The molecule has 0 saturated carbocycles. The SMILES string of the molecule is Oc1c(CN2CCc3ccccc3C2)ccnc1Br. The third kappa shape index (κ3) is 2.65. The average molecular weight is 319 g/mol. The highest BCUT2D eigenvalue weighted by atomic mass is 79.9. The van der Waals surface area contributed by atoms with Gasteiger partial charge in [0.05, 0.1) is 0 Å². The molecule has 2 heterocycles. The highest BCUT2D eigenvalue weighted by Crippen LogP contribution is 2.28. The Labute approximate surface area is 121 Å². The standard InChI is InChI=1S/C15H15BrN2O/c16-15-14(19)13(5-7-17-15)10-18-8-6-11-3-1-2-4-12(11)9-18/h1-5,7,19H,6,8-10H2. The molecule has 0 spiro atoms. The van der Waals surface area contributed by atoms with Crippen LogP contribution in [-0.2, 0) is 19.5 Å². The zero-order valence-corrected chi connectivity index (χ0v) is 12.1. The molecule has 0 amide bonds. The van der Waals surface area contributed by atoms with Crippen LogP contribution in [0, 0.1) is 0 Å². The smallest absolute Gasteiger partial charge is 0.152 e. The maximum absolute atomic E-state index is 9.99. The fraction of sp³-hybridized carbons (Fsp3) is 0.267. The summed E-state index contributed by atoms with van der Waals surface area (Å²) in [5.74, 6) is 0.251. The average Bonchev–Trinajstić information content (AvgIpc) is 2.44. The van der Waals surface area contributed by atoms with Crippen LogP contribution >= 0.6 is 15.9 Å². The number of benzene rings is 1. The summed E-state index contributed by atoms with van der Waals surface area (Å²) in [4.78, 5) is 6.37. The molecule has 0 bridgehead atoms. The second kappa shape index (κ2) is 5.31. The van der Waals surface area contributed by atoms with Crippen molar-refractivity contribution >= 4 is 15.9 Å². The van der Waals surface area contributed by atoms with Crippen LogP contribution in [0.3, 0.4) is 0 Å². The summed E-state index contributed by atoms with van der Waals surface area (Å²) in [5.41, 5.74) is 3.75. The van der Waals surface area contributed by atoms with E-state index in [0.717, 1.165) is 31.6 Å². The number of aromatic hydroxyl groups is 1. The van der Waals surface area contributed by atoms with E-state index in [1.54, 1.807) is 6.20 Å². The van der Waals surface area contributed by atoms with Gasteiger partial charge in [-0.3, -0.25) is 4.90 Å². The summed E-state index contributed by atoms with van der Waals surface area (Å²) in [6.45, 7) is 2.72. The quantitative estimate of drug-likeness (QED) is 0.864. The molecule has 4 heteroatoms. The van der Waals surface area contributed by atoms with Gasteiger partial charge in [-0.15, -0.1) is 0 Å². The Morgan fingerprint density at radius 2 is 2.00 bits per heavy atom. The van der Waals surface area contributed by atoms with Crippen molar-refractivity contribution < 1.29 is 5.11 Å². The number of aromatic nitrogens is 1. The third-order valence-electron chi connectivity index (χ3n) is 3.57. The largest absolute Gasteiger partial charge is 0.505 e.